The number of halogens is 2. The lowest BCUT2D eigenvalue weighted by Crippen LogP contribution is -2.33. The molecule has 0 aliphatic carbocycles. The van der Waals surface area contributed by atoms with Crippen molar-refractivity contribution < 1.29 is 24.2 Å². The molecule has 0 radical (unpaired) electrons. The average Bonchev–Trinajstić information content (AvgIpc) is 2.75. The maximum atomic E-state index is 12.5. The zero-order valence-corrected chi connectivity index (χ0v) is 20.1. The van der Waals surface area contributed by atoms with Gasteiger partial charge in [-0.25, -0.2) is 9.59 Å². The molecule has 1 N–H and O–H groups in total. The Balaban J connectivity index is 2.49. The molecule has 0 unspecified atom stereocenters. The molecule has 0 aliphatic rings. The summed E-state index contributed by atoms with van der Waals surface area (Å²) in [5, 5.41) is 11.6. The van der Waals surface area contributed by atoms with Crippen LogP contribution in [0.5, 0.6) is 11.5 Å². The summed E-state index contributed by atoms with van der Waals surface area (Å²) in [6.45, 7) is 9.18. The second-order valence-electron chi connectivity index (χ2n) is 6.79. The number of nitrogens with zero attached hydrogens (tertiary/aromatic N) is 2. The fraction of sp³-hybridized carbons (Fsp3) is 0.391. The molecule has 174 valence electrons. The molecule has 0 atom stereocenters. The summed E-state index contributed by atoms with van der Waals surface area (Å²) in [4.78, 5) is 28.0. The van der Waals surface area contributed by atoms with Crippen molar-refractivity contribution >= 4 is 35.4 Å². The van der Waals surface area contributed by atoms with Crippen LogP contribution >= 0.6 is 23.2 Å². The van der Waals surface area contributed by atoms with Crippen LogP contribution in [-0.2, 0) is 0 Å². The molecule has 0 aliphatic heterocycles. The molecule has 0 saturated carbocycles. The van der Waals surface area contributed by atoms with E-state index >= 15 is 0 Å². The van der Waals surface area contributed by atoms with Crippen LogP contribution in [-0.4, -0.2) is 53.3 Å². The fourth-order valence-corrected chi connectivity index (χ4v) is 3.71. The topological polar surface area (TPSA) is 79.3 Å². The average molecular weight is 483 g/mol. The Bertz CT molecular complexity index is 870. The third-order valence-electron chi connectivity index (χ3n) is 5.01. The Labute approximate surface area is 198 Å². The SMILES string of the molecule is CCN(CC)C(=O)Oc1cccc(Cl)c1C(O)c1c(Cl)cccc1OC(=O)N(CC)CC. The number of aliphatic hydroxyl groups is 1. The summed E-state index contributed by atoms with van der Waals surface area (Å²) in [5.74, 6) is 0.172. The number of carbonyl (C=O) groups is 2. The second kappa shape index (κ2) is 11.9. The molecule has 2 aromatic rings. The van der Waals surface area contributed by atoms with Crippen molar-refractivity contribution in [2.24, 2.45) is 0 Å². The maximum Gasteiger partial charge on any atom is 0.415 e. The van der Waals surface area contributed by atoms with E-state index in [2.05, 4.69) is 0 Å². The molecule has 0 aromatic heterocycles. The molecule has 0 heterocycles. The molecule has 32 heavy (non-hydrogen) atoms. The third-order valence-corrected chi connectivity index (χ3v) is 5.67. The van der Waals surface area contributed by atoms with Crippen LogP contribution in [0, 0.1) is 0 Å². The minimum Gasteiger partial charge on any atom is -0.410 e. The van der Waals surface area contributed by atoms with Crippen LogP contribution in [0.25, 0.3) is 0 Å². The van der Waals surface area contributed by atoms with Crippen molar-refractivity contribution in [1.29, 1.82) is 0 Å². The molecular formula is C23H28Cl2N2O5. The fourth-order valence-electron chi connectivity index (χ4n) is 3.17. The van der Waals surface area contributed by atoms with E-state index in [1.165, 1.54) is 21.9 Å². The monoisotopic (exact) mass is 482 g/mol. The van der Waals surface area contributed by atoms with Crippen molar-refractivity contribution in [3.8, 4) is 11.5 Å². The van der Waals surface area contributed by atoms with Gasteiger partial charge >= 0.3 is 12.2 Å². The van der Waals surface area contributed by atoms with E-state index < -0.39 is 18.3 Å². The van der Waals surface area contributed by atoms with Gasteiger partial charge in [0.1, 0.15) is 17.6 Å². The highest BCUT2D eigenvalue weighted by atomic mass is 35.5. The molecular weight excluding hydrogens is 455 g/mol. The Morgan fingerprint density at radius 3 is 1.44 bits per heavy atom. The van der Waals surface area contributed by atoms with Crippen molar-refractivity contribution in [3.63, 3.8) is 0 Å². The summed E-state index contributed by atoms with van der Waals surface area (Å²) in [5.41, 5.74) is 0.283. The first kappa shape index (κ1) is 25.8. The van der Waals surface area contributed by atoms with Crippen LogP contribution in [0.4, 0.5) is 9.59 Å². The van der Waals surface area contributed by atoms with Gasteiger partial charge in [0.25, 0.3) is 0 Å². The summed E-state index contributed by atoms with van der Waals surface area (Å²) >= 11 is 12.8. The lowest BCUT2D eigenvalue weighted by molar-refractivity contribution is 0.152. The number of ether oxygens (including phenoxy) is 2. The van der Waals surface area contributed by atoms with Gasteiger partial charge in [-0.3, -0.25) is 0 Å². The Morgan fingerprint density at radius 2 is 1.12 bits per heavy atom. The van der Waals surface area contributed by atoms with Gasteiger partial charge in [0.2, 0.25) is 0 Å². The lowest BCUT2D eigenvalue weighted by atomic mass is 9.99. The van der Waals surface area contributed by atoms with Crippen molar-refractivity contribution in [1.82, 2.24) is 9.80 Å². The van der Waals surface area contributed by atoms with Gasteiger partial charge in [0, 0.05) is 37.3 Å². The molecule has 2 aromatic carbocycles. The van der Waals surface area contributed by atoms with E-state index in [0.29, 0.717) is 26.2 Å². The highest BCUT2D eigenvalue weighted by molar-refractivity contribution is 6.32. The van der Waals surface area contributed by atoms with Gasteiger partial charge in [-0.1, -0.05) is 35.3 Å². The number of hydrogen-bond donors (Lipinski definition) is 1. The van der Waals surface area contributed by atoms with Gasteiger partial charge in [-0.15, -0.1) is 0 Å². The Morgan fingerprint density at radius 1 is 0.781 bits per heavy atom. The number of benzene rings is 2. The lowest BCUT2D eigenvalue weighted by Gasteiger charge is -2.24. The number of aliphatic hydroxyl groups excluding tert-OH is 1. The zero-order valence-electron chi connectivity index (χ0n) is 18.6. The second-order valence-corrected chi connectivity index (χ2v) is 7.60. The van der Waals surface area contributed by atoms with Crippen molar-refractivity contribution in [3.05, 3.63) is 57.6 Å². The van der Waals surface area contributed by atoms with E-state index in [0.717, 1.165) is 0 Å². The van der Waals surface area contributed by atoms with Crippen LogP contribution in [0.1, 0.15) is 44.9 Å². The highest BCUT2D eigenvalue weighted by Gasteiger charge is 2.28. The van der Waals surface area contributed by atoms with E-state index in [4.69, 9.17) is 32.7 Å². The van der Waals surface area contributed by atoms with Gasteiger partial charge in [-0.05, 0) is 52.0 Å². The van der Waals surface area contributed by atoms with E-state index in [1.807, 2.05) is 27.7 Å². The van der Waals surface area contributed by atoms with Gasteiger partial charge < -0.3 is 24.4 Å². The molecule has 9 heteroatoms. The normalized spacial score (nSPS) is 10.8. The molecule has 7 nitrogen and oxygen atoms in total. The van der Waals surface area contributed by atoms with E-state index in [-0.39, 0.29) is 32.7 Å². The maximum absolute atomic E-state index is 12.5. The van der Waals surface area contributed by atoms with Gasteiger partial charge in [0.15, 0.2) is 0 Å². The zero-order chi connectivity index (χ0) is 23.8. The molecule has 2 rings (SSSR count). The highest BCUT2D eigenvalue weighted by Crippen LogP contribution is 2.42. The van der Waals surface area contributed by atoms with Crippen LogP contribution < -0.4 is 9.47 Å². The first-order valence-electron chi connectivity index (χ1n) is 10.5. The van der Waals surface area contributed by atoms with Crippen LogP contribution in [0.15, 0.2) is 36.4 Å². The summed E-state index contributed by atoms with van der Waals surface area (Å²) in [6, 6.07) is 9.41. The third kappa shape index (κ3) is 5.85. The largest absolute Gasteiger partial charge is 0.415 e. The molecule has 0 fully saturated rings. The number of rotatable bonds is 8. The molecule has 2 amide bonds. The van der Waals surface area contributed by atoms with Crippen LogP contribution in [0.3, 0.4) is 0 Å². The molecule has 0 saturated heterocycles. The minimum atomic E-state index is -1.42. The first-order valence-corrected chi connectivity index (χ1v) is 11.2. The van der Waals surface area contributed by atoms with E-state index in [1.54, 1.807) is 24.3 Å². The first-order chi connectivity index (χ1) is 15.3. The van der Waals surface area contributed by atoms with E-state index in [9.17, 15) is 14.7 Å². The Hall–Kier alpha value is -2.48. The number of hydrogen-bond acceptors (Lipinski definition) is 5. The summed E-state index contributed by atoms with van der Waals surface area (Å²) in [6.07, 6.45) is -2.56. The summed E-state index contributed by atoms with van der Waals surface area (Å²) in [7, 11) is 0. The van der Waals surface area contributed by atoms with Gasteiger partial charge in [-0.2, -0.15) is 0 Å². The van der Waals surface area contributed by atoms with Gasteiger partial charge in [0.05, 0.1) is 10.0 Å². The smallest absolute Gasteiger partial charge is 0.410 e. The standard InChI is InChI=1S/C23H28Cl2N2O5/c1-5-26(6-2)22(29)31-17-13-9-11-15(24)19(17)21(28)20-16(25)12-10-14-18(20)32-23(30)27(7-3)8-4/h9-14,21,28H,5-8H2,1-4H3. The minimum absolute atomic E-state index is 0.0860. The predicted molar refractivity (Wildman–Crippen MR) is 125 cm³/mol. The number of carbonyl (C=O) groups excluding carboxylic acids is 2. The quantitative estimate of drug-likeness (QED) is 0.517. The predicted octanol–water partition coefficient (Wildman–Crippen LogP) is 5.76. The van der Waals surface area contributed by atoms with Crippen LogP contribution in [0.2, 0.25) is 10.0 Å². The molecule has 0 spiro atoms. The van der Waals surface area contributed by atoms with Crippen molar-refractivity contribution in [2.75, 3.05) is 26.2 Å². The summed E-state index contributed by atoms with van der Waals surface area (Å²) < 4.78 is 11.1. The Kier molecular flexibility index (Phi) is 9.62. The van der Waals surface area contributed by atoms with Crippen molar-refractivity contribution in [2.45, 2.75) is 33.8 Å². The molecule has 0 bridgehead atoms. The number of amides is 2.